The van der Waals surface area contributed by atoms with Gasteiger partial charge in [0.25, 0.3) is 5.91 Å². The third-order valence-corrected chi connectivity index (χ3v) is 2.98. The lowest BCUT2D eigenvalue weighted by Gasteiger charge is -1.97. The molecule has 0 spiro atoms. The van der Waals surface area contributed by atoms with E-state index in [9.17, 15) is 4.79 Å². The topological polar surface area (TPSA) is 83.8 Å². The monoisotopic (exact) mass is 222 g/mol. The van der Waals surface area contributed by atoms with E-state index in [-0.39, 0.29) is 5.91 Å². The summed E-state index contributed by atoms with van der Waals surface area (Å²) in [7, 11) is 0. The van der Waals surface area contributed by atoms with Crippen molar-refractivity contribution in [3.05, 3.63) is 28.2 Å². The molecule has 2 aromatic rings. The SMILES string of the molecule is Cc1sc(C(=O)Nc2ncc[nH]2)cc1N. The first-order valence-corrected chi connectivity index (χ1v) is 5.15. The van der Waals surface area contributed by atoms with Gasteiger partial charge in [-0.25, -0.2) is 4.98 Å². The first kappa shape index (κ1) is 9.72. The van der Waals surface area contributed by atoms with Gasteiger partial charge in [-0.2, -0.15) is 0 Å². The molecule has 4 N–H and O–H groups in total. The number of aryl methyl sites for hydroxylation is 1. The molecule has 0 bridgehead atoms. The second-order valence-electron chi connectivity index (χ2n) is 3.01. The molecular weight excluding hydrogens is 212 g/mol. The number of carbonyl (C=O) groups excluding carboxylic acids is 1. The Kier molecular flexibility index (Phi) is 2.42. The maximum absolute atomic E-state index is 11.7. The Bertz CT molecular complexity index is 455. The third kappa shape index (κ3) is 1.99. The molecule has 1 amide bonds. The van der Waals surface area contributed by atoms with Crippen molar-refractivity contribution in [2.45, 2.75) is 6.92 Å². The molecule has 0 saturated heterocycles. The Morgan fingerprint density at radius 2 is 2.47 bits per heavy atom. The van der Waals surface area contributed by atoms with Crippen LogP contribution in [0.1, 0.15) is 14.5 Å². The Hall–Kier alpha value is -1.82. The number of rotatable bonds is 2. The summed E-state index contributed by atoms with van der Waals surface area (Å²) in [5.74, 6) is 0.236. The summed E-state index contributed by atoms with van der Waals surface area (Å²) < 4.78 is 0. The highest BCUT2D eigenvalue weighted by Gasteiger charge is 2.11. The molecule has 0 saturated carbocycles. The van der Waals surface area contributed by atoms with Crippen LogP contribution in [0.25, 0.3) is 0 Å². The summed E-state index contributed by atoms with van der Waals surface area (Å²) in [5.41, 5.74) is 6.30. The molecule has 0 unspecified atom stereocenters. The zero-order valence-electron chi connectivity index (χ0n) is 8.07. The highest BCUT2D eigenvalue weighted by Crippen LogP contribution is 2.23. The fraction of sp³-hybridized carbons (Fsp3) is 0.111. The maximum Gasteiger partial charge on any atom is 0.268 e. The summed E-state index contributed by atoms with van der Waals surface area (Å²) in [5, 5.41) is 2.63. The van der Waals surface area contributed by atoms with E-state index in [0.717, 1.165) is 4.88 Å². The number of aromatic nitrogens is 2. The molecular formula is C9H10N4OS. The molecule has 0 radical (unpaired) electrons. The number of nitrogens with two attached hydrogens (primary N) is 1. The lowest BCUT2D eigenvalue weighted by atomic mass is 10.3. The summed E-state index contributed by atoms with van der Waals surface area (Å²) >= 11 is 1.37. The number of hydrogen-bond donors (Lipinski definition) is 3. The van der Waals surface area contributed by atoms with Crippen molar-refractivity contribution in [2.24, 2.45) is 0 Å². The molecule has 2 heterocycles. The first-order valence-electron chi connectivity index (χ1n) is 4.33. The average Bonchev–Trinajstić information content (AvgIpc) is 2.78. The van der Waals surface area contributed by atoms with Crippen molar-refractivity contribution in [3.63, 3.8) is 0 Å². The van der Waals surface area contributed by atoms with Gasteiger partial charge in [0.15, 0.2) is 0 Å². The molecule has 78 valence electrons. The minimum Gasteiger partial charge on any atom is -0.398 e. The highest BCUT2D eigenvalue weighted by molar-refractivity contribution is 7.14. The van der Waals surface area contributed by atoms with Gasteiger partial charge in [-0.15, -0.1) is 11.3 Å². The van der Waals surface area contributed by atoms with E-state index in [1.54, 1.807) is 18.5 Å². The standard InChI is InChI=1S/C9H10N4OS/c1-5-6(10)4-7(15-5)8(14)13-9-11-2-3-12-9/h2-4H,10H2,1H3,(H2,11,12,13,14). The summed E-state index contributed by atoms with van der Waals surface area (Å²) in [6.07, 6.45) is 3.22. The van der Waals surface area contributed by atoms with Gasteiger partial charge in [0.1, 0.15) is 0 Å². The van der Waals surface area contributed by atoms with E-state index in [0.29, 0.717) is 16.5 Å². The van der Waals surface area contributed by atoms with Crippen LogP contribution in [0.5, 0.6) is 0 Å². The Balaban J connectivity index is 2.15. The molecule has 0 aliphatic heterocycles. The maximum atomic E-state index is 11.7. The summed E-state index contributed by atoms with van der Waals surface area (Å²) in [6.45, 7) is 1.88. The molecule has 0 fully saturated rings. The Morgan fingerprint density at radius 3 is 3.00 bits per heavy atom. The minimum absolute atomic E-state index is 0.199. The lowest BCUT2D eigenvalue weighted by molar-refractivity contribution is 0.103. The second kappa shape index (κ2) is 3.74. The number of nitrogens with zero attached hydrogens (tertiary/aromatic N) is 1. The van der Waals surface area contributed by atoms with Crippen molar-refractivity contribution in [1.82, 2.24) is 9.97 Å². The van der Waals surface area contributed by atoms with Crippen LogP contribution in [0.15, 0.2) is 18.5 Å². The zero-order chi connectivity index (χ0) is 10.8. The second-order valence-corrected chi connectivity index (χ2v) is 4.27. The number of imidazole rings is 1. The van der Waals surface area contributed by atoms with E-state index >= 15 is 0 Å². The van der Waals surface area contributed by atoms with Crippen LogP contribution in [0.2, 0.25) is 0 Å². The highest BCUT2D eigenvalue weighted by atomic mass is 32.1. The van der Waals surface area contributed by atoms with Crippen molar-refractivity contribution >= 4 is 28.9 Å². The molecule has 0 aromatic carbocycles. The number of nitrogens with one attached hydrogen (secondary N) is 2. The van der Waals surface area contributed by atoms with E-state index in [1.807, 2.05) is 6.92 Å². The number of thiophene rings is 1. The lowest BCUT2D eigenvalue weighted by Crippen LogP contribution is -2.11. The predicted molar refractivity (Wildman–Crippen MR) is 60.0 cm³/mol. The van der Waals surface area contributed by atoms with Crippen LogP contribution in [-0.4, -0.2) is 15.9 Å². The smallest absolute Gasteiger partial charge is 0.268 e. The quantitative estimate of drug-likeness (QED) is 0.721. The minimum atomic E-state index is -0.199. The molecule has 0 aliphatic rings. The number of aromatic amines is 1. The van der Waals surface area contributed by atoms with Crippen LogP contribution in [0.3, 0.4) is 0 Å². The average molecular weight is 222 g/mol. The largest absolute Gasteiger partial charge is 0.398 e. The van der Waals surface area contributed by atoms with Gasteiger partial charge in [0.2, 0.25) is 5.95 Å². The van der Waals surface area contributed by atoms with Gasteiger partial charge in [0.05, 0.1) is 4.88 Å². The Labute approximate surface area is 90.3 Å². The van der Waals surface area contributed by atoms with Gasteiger partial charge < -0.3 is 10.7 Å². The van der Waals surface area contributed by atoms with Crippen molar-refractivity contribution in [1.29, 1.82) is 0 Å². The number of amides is 1. The van der Waals surface area contributed by atoms with Gasteiger partial charge in [-0.05, 0) is 13.0 Å². The molecule has 2 rings (SSSR count). The van der Waals surface area contributed by atoms with Crippen LogP contribution in [0, 0.1) is 6.92 Å². The van der Waals surface area contributed by atoms with Gasteiger partial charge in [-0.3, -0.25) is 10.1 Å². The number of anilines is 2. The molecule has 0 atom stereocenters. The van der Waals surface area contributed by atoms with Crippen molar-refractivity contribution in [2.75, 3.05) is 11.1 Å². The summed E-state index contributed by atoms with van der Waals surface area (Å²) in [6, 6.07) is 1.66. The van der Waals surface area contributed by atoms with Crippen LogP contribution in [0.4, 0.5) is 11.6 Å². The summed E-state index contributed by atoms with van der Waals surface area (Å²) in [4.78, 5) is 19.9. The number of H-pyrrole nitrogens is 1. The van der Waals surface area contributed by atoms with Crippen LogP contribution < -0.4 is 11.1 Å². The van der Waals surface area contributed by atoms with Crippen molar-refractivity contribution < 1.29 is 4.79 Å². The van der Waals surface area contributed by atoms with E-state index < -0.39 is 0 Å². The number of nitrogen functional groups attached to an aromatic ring is 1. The van der Waals surface area contributed by atoms with Crippen molar-refractivity contribution in [3.8, 4) is 0 Å². The first-order chi connectivity index (χ1) is 7.16. The van der Waals surface area contributed by atoms with Gasteiger partial charge in [-0.1, -0.05) is 0 Å². The Morgan fingerprint density at radius 1 is 1.67 bits per heavy atom. The predicted octanol–water partition coefficient (Wildman–Crippen LogP) is 1.61. The molecule has 6 heteroatoms. The van der Waals surface area contributed by atoms with Crippen LogP contribution >= 0.6 is 11.3 Å². The molecule has 0 aliphatic carbocycles. The van der Waals surface area contributed by atoms with E-state index in [2.05, 4.69) is 15.3 Å². The third-order valence-electron chi connectivity index (χ3n) is 1.91. The molecule has 2 aromatic heterocycles. The van der Waals surface area contributed by atoms with Gasteiger partial charge in [0, 0.05) is 23.0 Å². The number of carbonyl (C=O) groups is 1. The zero-order valence-corrected chi connectivity index (χ0v) is 8.89. The number of hydrogen-bond acceptors (Lipinski definition) is 4. The van der Waals surface area contributed by atoms with E-state index in [1.165, 1.54) is 11.3 Å². The normalized spacial score (nSPS) is 10.2. The molecule has 15 heavy (non-hydrogen) atoms. The van der Waals surface area contributed by atoms with Crippen LogP contribution in [-0.2, 0) is 0 Å². The fourth-order valence-corrected chi connectivity index (χ4v) is 1.95. The van der Waals surface area contributed by atoms with Gasteiger partial charge >= 0.3 is 0 Å². The molecule has 5 nitrogen and oxygen atoms in total. The fourth-order valence-electron chi connectivity index (χ4n) is 1.11. The van der Waals surface area contributed by atoms with E-state index in [4.69, 9.17) is 5.73 Å².